The summed E-state index contributed by atoms with van der Waals surface area (Å²) in [7, 11) is 5.55. The molecule has 0 heterocycles. The highest BCUT2D eigenvalue weighted by Crippen LogP contribution is 2.52. The Bertz CT molecular complexity index is 1210. The van der Waals surface area contributed by atoms with Crippen LogP contribution in [-0.4, -0.2) is 76.9 Å². The van der Waals surface area contributed by atoms with E-state index < -0.39 is 52.0 Å². The fraction of sp³-hybridized carbons (Fsp3) is 0.462. The predicted molar refractivity (Wildman–Crippen MR) is 147 cm³/mol. The molecule has 1 saturated carbocycles. The molecule has 0 saturated heterocycles. The molecule has 7 N–H and O–H groups in total. The largest absolute Gasteiger partial charge is 0.508 e. The number of phenols is 1. The van der Waals surface area contributed by atoms with Crippen molar-refractivity contribution in [3.05, 3.63) is 45.7 Å². The third kappa shape index (κ3) is 5.25. The molecular weight excluding hydrogens is 511 g/mol. The molecule has 1 amide bonds. The predicted octanol–water partition coefficient (Wildman–Crippen LogP) is 1.55. The van der Waals surface area contributed by atoms with E-state index in [4.69, 9.17) is 5.73 Å². The Morgan fingerprint density at radius 1 is 1.16 bits per heavy atom. The lowest BCUT2D eigenvalue weighted by atomic mass is 9.59. The van der Waals surface area contributed by atoms with Crippen molar-refractivity contribution >= 4 is 48.9 Å². The van der Waals surface area contributed by atoms with Crippen LogP contribution in [0, 0.1) is 11.8 Å². The van der Waals surface area contributed by atoms with Gasteiger partial charge in [0.25, 0.3) is 5.91 Å². The number of aliphatic hydroxyl groups excluding tert-OH is 2. The van der Waals surface area contributed by atoms with Gasteiger partial charge in [-0.15, -0.1) is 0 Å². The SMILES string of the molecule is CC[B]CC(=O)c1ccc(O)c2c1CC1C[C@H]3CC(=O)C(C(N)=O)=C(O)[C@@]3(O)C(=O)C1=C2O.CNC.CS. The third-order valence-electron chi connectivity index (χ3n) is 6.87. The van der Waals surface area contributed by atoms with Crippen molar-refractivity contribution < 1.29 is 39.6 Å². The van der Waals surface area contributed by atoms with Crippen LogP contribution in [0.2, 0.25) is 12.6 Å². The van der Waals surface area contributed by atoms with E-state index in [1.807, 2.05) is 21.0 Å². The van der Waals surface area contributed by atoms with Gasteiger partial charge in [0.05, 0.1) is 5.56 Å². The van der Waals surface area contributed by atoms with E-state index in [9.17, 15) is 39.6 Å². The van der Waals surface area contributed by atoms with Gasteiger partial charge in [-0.3, -0.25) is 19.2 Å². The summed E-state index contributed by atoms with van der Waals surface area (Å²) in [4.78, 5) is 50.2. The molecule has 10 nitrogen and oxygen atoms in total. The molecule has 1 radical (unpaired) electrons. The van der Waals surface area contributed by atoms with Crippen LogP contribution >= 0.6 is 12.6 Å². The summed E-state index contributed by atoms with van der Waals surface area (Å²) in [6, 6.07) is 2.72. The number of aromatic hydroxyl groups is 1. The van der Waals surface area contributed by atoms with Crippen molar-refractivity contribution in [2.75, 3.05) is 20.4 Å². The number of rotatable bonds is 5. The molecule has 1 fully saturated rings. The first-order valence-electron chi connectivity index (χ1n) is 12.2. The Morgan fingerprint density at radius 3 is 2.32 bits per heavy atom. The zero-order valence-corrected chi connectivity index (χ0v) is 22.8. The number of phenolic OH excluding ortho intramolecular Hbond substituents is 1. The number of hydrogen-bond donors (Lipinski definition) is 7. The molecule has 0 aliphatic heterocycles. The van der Waals surface area contributed by atoms with E-state index in [-0.39, 0.29) is 48.3 Å². The minimum atomic E-state index is -2.60. The van der Waals surface area contributed by atoms with Crippen LogP contribution in [-0.2, 0) is 20.8 Å². The van der Waals surface area contributed by atoms with Gasteiger partial charge in [0.2, 0.25) is 5.78 Å². The van der Waals surface area contributed by atoms with Gasteiger partial charge in [-0.25, -0.2) is 0 Å². The van der Waals surface area contributed by atoms with E-state index in [0.717, 1.165) is 0 Å². The van der Waals surface area contributed by atoms with Crippen LogP contribution in [0.25, 0.3) is 5.76 Å². The lowest BCUT2D eigenvalue weighted by Gasteiger charge is -2.46. The van der Waals surface area contributed by atoms with Crippen molar-refractivity contribution in [2.24, 2.45) is 17.6 Å². The molecule has 3 aliphatic rings. The lowest BCUT2D eigenvalue weighted by Crippen LogP contribution is -2.58. The number of primary amides is 1. The van der Waals surface area contributed by atoms with E-state index >= 15 is 0 Å². The minimum absolute atomic E-state index is 0.0211. The third-order valence-corrected chi connectivity index (χ3v) is 6.87. The maximum absolute atomic E-state index is 13.4. The number of ketones is 3. The molecule has 12 heteroatoms. The first-order chi connectivity index (χ1) is 17.9. The van der Waals surface area contributed by atoms with Crippen molar-refractivity contribution in [1.29, 1.82) is 0 Å². The number of amides is 1. The van der Waals surface area contributed by atoms with Gasteiger partial charge in [-0.2, -0.15) is 12.6 Å². The van der Waals surface area contributed by atoms with E-state index in [0.29, 0.717) is 17.4 Å². The van der Waals surface area contributed by atoms with Crippen LogP contribution < -0.4 is 11.1 Å². The fourth-order valence-corrected chi connectivity index (χ4v) is 5.27. The molecule has 0 bridgehead atoms. The first kappa shape index (κ1) is 31.1. The number of carbonyl (C=O) groups is 4. The van der Waals surface area contributed by atoms with Gasteiger partial charge >= 0.3 is 0 Å². The monoisotopic (exact) mass is 545 g/mol. The van der Waals surface area contributed by atoms with Crippen LogP contribution in [0.4, 0.5) is 0 Å². The Hall–Kier alpha value is -3.09. The van der Waals surface area contributed by atoms with Gasteiger partial charge < -0.3 is 31.5 Å². The number of nitrogens with one attached hydrogen (secondary N) is 1. The highest BCUT2D eigenvalue weighted by molar-refractivity contribution is 7.79. The van der Waals surface area contributed by atoms with Gasteiger partial charge in [0.15, 0.2) is 17.2 Å². The van der Waals surface area contributed by atoms with Crippen molar-refractivity contribution in [3.63, 3.8) is 0 Å². The minimum Gasteiger partial charge on any atom is -0.508 e. The molecule has 205 valence electrons. The number of fused-ring (bicyclic) bond motifs is 3. The van der Waals surface area contributed by atoms with Gasteiger partial charge in [-0.1, -0.05) is 13.2 Å². The highest BCUT2D eigenvalue weighted by Gasteiger charge is 2.60. The number of thiol groups is 1. The summed E-state index contributed by atoms with van der Waals surface area (Å²) < 4.78 is 0. The molecule has 4 rings (SSSR count). The first-order valence-corrected chi connectivity index (χ1v) is 13.0. The van der Waals surface area contributed by atoms with Gasteiger partial charge in [0.1, 0.15) is 30.1 Å². The molecule has 0 spiro atoms. The number of hydrogen-bond acceptors (Lipinski definition) is 10. The number of benzene rings is 1. The lowest BCUT2D eigenvalue weighted by molar-refractivity contribution is -0.147. The van der Waals surface area contributed by atoms with E-state index in [1.165, 1.54) is 12.1 Å². The summed E-state index contributed by atoms with van der Waals surface area (Å²) in [6.45, 7) is 1.90. The maximum Gasteiger partial charge on any atom is 0.255 e. The zero-order chi connectivity index (χ0) is 28.9. The van der Waals surface area contributed by atoms with Crippen molar-refractivity contribution in [3.8, 4) is 5.75 Å². The van der Waals surface area contributed by atoms with Gasteiger partial charge in [0, 0.05) is 23.5 Å². The second-order valence-electron chi connectivity index (χ2n) is 9.22. The van der Waals surface area contributed by atoms with Crippen LogP contribution in [0.1, 0.15) is 41.3 Å². The number of Topliss-reactive ketones (excluding diaryl/α,β-unsaturated/α-hetero) is 3. The maximum atomic E-state index is 13.4. The average Bonchev–Trinajstić information content (AvgIpc) is 2.86. The Morgan fingerprint density at radius 2 is 1.76 bits per heavy atom. The Labute approximate surface area is 227 Å². The Kier molecular flexibility index (Phi) is 10.4. The molecule has 3 aliphatic carbocycles. The van der Waals surface area contributed by atoms with E-state index in [1.54, 1.807) is 13.5 Å². The number of aliphatic hydroxyl groups is 3. The quantitative estimate of drug-likeness (QED) is 0.125. The summed E-state index contributed by atoms with van der Waals surface area (Å²) in [6.07, 6.45) is 2.29. The second-order valence-corrected chi connectivity index (χ2v) is 9.22. The van der Waals surface area contributed by atoms with E-state index in [2.05, 4.69) is 17.9 Å². The van der Waals surface area contributed by atoms with Crippen molar-refractivity contribution in [1.82, 2.24) is 5.32 Å². The summed E-state index contributed by atoms with van der Waals surface area (Å²) in [5.74, 6) is -7.10. The topological polar surface area (TPSA) is 187 Å². The highest BCUT2D eigenvalue weighted by atomic mass is 32.1. The average molecular weight is 545 g/mol. The fourth-order valence-electron chi connectivity index (χ4n) is 5.27. The summed E-state index contributed by atoms with van der Waals surface area (Å²) >= 11 is 3.53. The van der Waals surface area contributed by atoms with Gasteiger partial charge in [-0.05, 0) is 63.1 Å². The van der Waals surface area contributed by atoms with Crippen LogP contribution in [0.15, 0.2) is 29.0 Å². The number of nitrogens with two attached hydrogens (primary N) is 1. The molecule has 0 aromatic heterocycles. The molecular formula is C26H34BN2O8S. The number of carbonyl (C=O) groups excluding carboxylic acids is 4. The zero-order valence-electron chi connectivity index (χ0n) is 21.9. The smallest absolute Gasteiger partial charge is 0.255 e. The Balaban J connectivity index is 0.000000947. The van der Waals surface area contributed by atoms with Crippen LogP contribution in [0.3, 0.4) is 0 Å². The molecule has 1 aromatic rings. The standard InChI is InChI=1S/C23H23BNO8.C2H7N.CH4S/c1-2-24-8-15(28)11-3-4-13(26)17-12(11)6-9-5-10-7-14(27)18(22(25)32)21(31)23(10,33)20(30)16(9)19(17)29;1-3-2;1-2/h3-4,9-10,26,29,31,33H,2,5-8H2,1H3,(H2,25,32);3H,1-2H3;2H,1H3/t9?,10-,23-;;/m0../s1. The molecule has 1 aromatic carbocycles. The van der Waals surface area contributed by atoms with Crippen LogP contribution in [0.5, 0.6) is 5.75 Å². The van der Waals surface area contributed by atoms with Crippen molar-refractivity contribution in [2.45, 2.75) is 44.4 Å². The molecule has 3 atom stereocenters. The molecule has 38 heavy (non-hydrogen) atoms. The molecule has 1 unspecified atom stereocenters. The second kappa shape index (κ2) is 12.6. The normalized spacial score (nSPS) is 23.6. The summed E-state index contributed by atoms with van der Waals surface area (Å²) in [5.41, 5.74) is 2.11. The summed E-state index contributed by atoms with van der Waals surface area (Å²) in [5, 5.41) is 45.9.